The molecule has 1 rings (SSSR count). The molecule has 1 heterocycles. The average molecular weight is 300 g/mol. The smallest absolute Gasteiger partial charge is 0.317 e. The molecule has 0 aromatic heterocycles. The number of rotatable bonds is 5. The molecular weight excluding hydrogens is 272 g/mol. The number of amides is 2. The van der Waals surface area contributed by atoms with Gasteiger partial charge in [0.15, 0.2) is 0 Å². The van der Waals surface area contributed by atoms with Gasteiger partial charge in [0, 0.05) is 19.1 Å². The first-order chi connectivity index (χ1) is 9.71. The molecule has 1 aliphatic heterocycles. The van der Waals surface area contributed by atoms with Gasteiger partial charge in [0.25, 0.3) is 0 Å². The fraction of sp³-hybridized carbons (Fsp3) is 0.867. The third kappa shape index (κ3) is 6.80. The van der Waals surface area contributed by atoms with E-state index >= 15 is 0 Å². The van der Waals surface area contributed by atoms with E-state index in [0.717, 1.165) is 6.42 Å². The van der Waals surface area contributed by atoms with Gasteiger partial charge in [0.1, 0.15) is 0 Å². The number of hydrogen-bond acceptors (Lipinski definition) is 3. The molecule has 0 radical (unpaired) electrons. The number of ether oxygens (including phenoxy) is 1. The molecule has 2 atom stereocenters. The van der Waals surface area contributed by atoms with Crippen LogP contribution in [0.3, 0.4) is 0 Å². The van der Waals surface area contributed by atoms with Crippen molar-refractivity contribution < 1.29 is 19.4 Å². The topological polar surface area (TPSA) is 78.9 Å². The zero-order valence-electron chi connectivity index (χ0n) is 13.5. The summed E-state index contributed by atoms with van der Waals surface area (Å²) in [5.41, 5.74) is -0.0373. The van der Waals surface area contributed by atoms with E-state index in [1.165, 1.54) is 0 Å². The number of urea groups is 1. The van der Waals surface area contributed by atoms with Crippen LogP contribution in [0.4, 0.5) is 4.79 Å². The van der Waals surface area contributed by atoms with E-state index in [4.69, 9.17) is 9.84 Å². The highest BCUT2D eigenvalue weighted by Crippen LogP contribution is 2.22. The molecule has 6 nitrogen and oxygen atoms in total. The zero-order chi connectivity index (χ0) is 16.0. The summed E-state index contributed by atoms with van der Waals surface area (Å²) in [6, 6.07) is -0.537. The lowest BCUT2D eigenvalue weighted by molar-refractivity contribution is -0.137. The summed E-state index contributed by atoms with van der Waals surface area (Å²) in [6.07, 6.45) is 1.52. The van der Waals surface area contributed by atoms with Crippen LogP contribution in [-0.4, -0.2) is 53.8 Å². The Morgan fingerprint density at radius 3 is 2.62 bits per heavy atom. The second-order valence-corrected chi connectivity index (χ2v) is 6.86. The molecule has 0 spiro atoms. The normalized spacial score (nSPS) is 21.0. The largest absolute Gasteiger partial charge is 0.481 e. The number of carboxylic acid groups (broad SMARTS) is 1. The Morgan fingerprint density at radius 2 is 2.10 bits per heavy atom. The number of aliphatic carboxylic acids is 1. The Labute approximate surface area is 126 Å². The molecule has 1 saturated heterocycles. The van der Waals surface area contributed by atoms with E-state index in [2.05, 4.69) is 5.32 Å². The Hall–Kier alpha value is -1.30. The van der Waals surface area contributed by atoms with E-state index in [1.807, 2.05) is 27.7 Å². The number of carbonyl (C=O) groups excluding carboxylic acids is 1. The first-order valence-electron chi connectivity index (χ1n) is 7.60. The van der Waals surface area contributed by atoms with Crippen LogP contribution >= 0.6 is 0 Å². The minimum atomic E-state index is -0.891. The standard InChI is InChI=1S/C15H28N2O4/c1-5-12-10-17(6-7-21-12)14(20)16-11(8-13(18)19)9-15(2,3)4/h11-12H,5-10H2,1-4H3,(H,16,20)(H,18,19). The van der Waals surface area contributed by atoms with Crippen molar-refractivity contribution in [2.45, 2.75) is 59.1 Å². The molecular formula is C15H28N2O4. The van der Waals surface area contributed by atoms with Gasteiger partial charge >= 0.3 is 12.0 Å². The van der Waals surface area contributed by atoms with Crippen LogP contribution < -0.4 is 5.32 Å². The van der Waals surface area contributed by atoms with Crippen molar-refractivity contribution in [1.29, 1.82) is 0 Å². The van der Waals surface area contributed by atoms with E-state index in [1.54, 1.807) is 4.90 Å². The molecule has 1 aliphatic rings. The minimum Gasteiger partial charge on any atom is -0.481 e. The highest BCUT2D eigenvalue weighted by Gasteiger charge is 2.27. The first kappa shape index (κ1) is 17.8. The molecule has 0 bridgehead atoms. The number of morpholine rings is 1. The van der Waals surface area contributed by atoms with Gasteiger partial charge in [-0.05, 0) is 18.3 Å². The molecule has 0 aromatic carbocycles. The highest BCUT2D eigenvalue weighted by atomic mass is 16.5. The monoisotopic (exact) mass is 300 g/mol. The summed E-state index contributed by atoms with van der Waals surface area (Å²) in [4.78, 5) is 25.0. The fourth-order valence-corrected chi connectivity index (χ4v) is 2.54. The summed E-state index contributed by atoms with van der Waals surface area (Å²) < 4.78 is 5.54. The van der Waals surface area contributed by atoms with Crippen LogP contribution in [0.15, 0.2) is 0 Å². The number of carbonyl (C=O) groups is 2. The molecule has 2 unspecified atom stereocenters. The Bertz CT molecular complexity index is 365. The second-order valence-electron chi connectivity index (χ2n) is 6.86. The van der Waals surface area contributed by atoms with Gasteiger partial charge in [-0.15, -0.1) is 0 Å². The van der Waals surface area contributed by atoms with Crippen molar-refractivity contribution in [2.75, 3.05) is 19.7 Å². The van der Waals surface area contributed by atoms with Crippen molar-refractivity contribution in [3.63, 3.8) is 0 Å². The van der Waals surface area contributed by atoms with Crippen molar-refractivity contribution in [3.05, 3.63) is 0 Å². The van der Waals surface area contributed by atoms with Gasteiger partial charge in [-0.3, -0.25) is 4.79 Å². The van der Waals surface area contributed by atoms with Crippen LogP contribution in [0.1, 0.15) is 47.0 Å². The lowest BCUT2D eigenvalue weighted by Crippen LogP contribution is -2.52. The summed E-state index contributed by atoms with van der Waals surface area (Å²) in [6.45, 7) is 9.80. The van der Waals surface area contributed by atoms with Gasteiger partial charge < -0.3 is 20.1 Å². The number of carboxylic acids is 1. The summed E-state index contributed by atoms with van der Waals surface area (Å²) in [5, 5.41) is 11.9. The predicted octanol–water partition coefficient (Wildman–Crippen LogP) is 2.09. The van der Waals surface area contributed by atoms with Crippen LogP contribution in [0, 0.1) is 5.41 Å². The lowest BCUT2D eigenvalue weighted by Gasteiger charge is -2.34. The maximum Gasteiger partial charge on any atom is 0.317 e. The third-order valence-corrected chi connectivity index (χ3v) is 3.49. The molecule has 1 fully saturated rings. The summed E-state index contributed by atoms with van der Waals surface area (Å²) >= 11 is 0. The number of hydrogen-bond donors (Lipinski definition) is 2. The molecule has 0 aliphatic carbocycles. The van der Waals surface area contributed by atoms with Crippen LogP contribution in [0.25, 0.3) is 0 Å². The van der Waals surface area contributed by atoms with Gasteiger partial charge in [0.05, 0.1) is 19.1 Å². The summed E-state index contributed by atoms with van der Waals surface area (Å²) in [5.74, 6) is -0.891. The van der Waals surface area contributed by atoms with E-state index in [-0.39, 0.29) is 30.0 Å². The summed E-state index contributed by atoms with van der Waals surface area (Å²) in [7, 11) is 0. The van der Waals surface area contributed by atoms with Crippen LogP contribution in [0.2, 0.25) is 0 Å². The van der Waals surface area contributed by atoms with Crippen molar-refractivity contribution in [2.24, 2.45) is 5.41 Å². The first-order valence-corrected chi connectivity index (χ1v) is 7.60. The Kier molecular flexibility index (Phi) is 6.45. The predicted molar refractivity (Wildman–Crippen MR) is 80.2 cm³/mol. The van der Waals surface area contributed by atoms with Gasteiger partial charge in [-0.1, -0.05) is 27.7 Å². The second kappa shape index (κ2) is 7.64. The fourth-order valence-electron chi connectivity index (χ4n) is 2.54. The molecule has 6 heteroatoms. The van der Waals surface area contributed by atoms with Crippen LogP contribution in [0.5, 0.6) is 0 Å². The molecule has 122 valence electrons. The maximum atomic E-state index is 12.3. The van der Waals surface area contributed by atoms with E-state index < -0.39 is 5.97 Å². The van der Waals surface area contributed by atoms with E-state index in [0.29, 0.717) is 26.1 Å². The van der Waals surface area contributed by atoms with Gasteiger partial charge in [-0.2, -0.15) is 0 Å². The van der Waals surface area contributed by atoms with E-state index in [9.17, 15) is 9.59 Å². The maximum absolute atomic E-state index is 12.3. The lowest BCUT2D eigenvalue weighted by atomic mass is 9.87. The number of nitrogens with zero attached hydrogens (tertiary/aromatic N) is 1. The SMILES string of the molecule is CCC1CN(C(=O)NC(CC(=O)O)CC(C)(C)C)CCO1. The molecule has 2 N–H and O–H groups in total. The highest BCUT2D eigenvalue weighted by molar-refractivity contribution is 5.76. The minimum absolute atomic E-state index is 0.0373. The van der Waals surface area contributed by atoms with Gasteiger partial charge in [0.2, 0.25) is 0 Å². The molecule has 21 heavy (non-hydrogen) atoms. The third-order valence-electron chi connectivity index (χ3n) is 3.49. The van der Waals surface area contributed by atoms with Crippen molar-refractivity contribution >= 4 is 12.0 Å². The quantitative estimate of drug-likeness (QED) is 0.815. The molecule has 0 aromatic rings. The van der Waals surface area contributed by atoms with Gasteiger partial charge in [-0.25, -0.2) is 4.79 Å². The van der Waals surface area contributed by atoms with Crippen molar-refractivity contribution in [3.8, 4) is 0 Å². The Morgan fingerprint density at radius 1 is 1.43 bits per heavy atom. The average Bonchev–Trinajstić information content (AvgIpc) is 2.35. The zero-order valence-corrected chi connectivity index (χ0v) is 13.5. The Balaban J connectivity index is 2.60. The molecule has 2 amide bonds. The number of nitrogens with one attached hydrogen (secondary N) is 1. The molecule has 0 saturated carbocycles. The van der Waals surface area contributed by atoms with Crippen LogP contribution in [-0.2, 0) is 9.53 Å². The van der Waals surface area contributed by atoms with Crippen molar-refractivity contribution in [1.82, 2.24) is 10.2 Å².